The maximum Gasteiger partial charge on any atom is 0.124 e. The molecule has 0 saturated heterocycles. The van der Waals surface area contributed by atoms with Crippen LogP contribution in [0.1, 0.15) is 5.56 Å². The van der Waals surface area contributed by atoms with Crippen LogP contribution < -0.4 is 0 Å². The Morgan fingerprint density at radius 1 is 1.25 bits per heavy atom. The number of rotatable bonds is 3. The lowest BCUT2D eigenvalue weighted by atomic mass is 10.2. The van der Waals surface area contributed by atoms with Gasteiger partial charge in [0.2, 0.25) is 0 Å². The van der Waals surface area contributed by atoms with Crippen molar-refractivity contribution in [1.29, 1.82) is 0 Å². The lowest BCUT2D eigenvalue weighted by Crippen LogP contribution is -1.86. The molecule has 0 amide bonds. The van der Waals surface area contributed by atoms with Gasteiger partial charge in [0.1, 0.15) is 10.8 Å². The highest BCUT2D eigenvalue weighted by molar-refractivity contribution is 9.10. The molecule has 2 nitrogen and oxygen atoms in total. The number of hydrogen-bond acceptors (Lipinski definition) is 3. The van der Waals surface area contributed by atoms with Gasteiger partial charge in [0.25, 0.3) is 0 Å². The molecule has 2 aromatic rings. The van der Waals surface area contributed by atoms with Crippen LogP contribution in [0, 0.1) is 5.82 Å². The van der Waals surface area contributed by atoms with E-state index in [1.165, 1.54) is 23.9 Å². The summed E-state index contributed by atoms with van der Waals surface area (Å²) in [5.74, 6) is 0.443. The van der Waals surface area contributed by atoms with Crippen LogP contribution in [0.4, 0.5) is 4.39 Å². The molecule has 0 saturated carbocycles. The maximum absolute atomic E-state index is 13.1. The lowest BCUT2D eigenvalue weighted by Gasteiger charge is -2.02. The molecule has 1 aromatic carbocycles. The SMILES string of the molecule is Fc1cc(Br)cc(CSc2cnccn2)c1. The van der Waals surface area contributed by atoms with Crippen molar-refractivity contribution in [3.8, 4) is 0 Å². The molecule has 82 valence electrons. The van der Waals surface area contributed by atoms with E-state index in [1.54, 1.807) is 18.6 Å². The molecular weight excluding hydrogens is 291 g/mol. The molecule has 1 aromatic heterocycles. The highest BCUT2D eigenvalue weighted by Crippen LogP contribution is 2.22. The number of nitrogens with zero attached hydrogens (tertiary/aromatic N) is 2. The summed E-state index contributed by atoms with van der Waals surface area (Å²) in [4.78, 5) is 8.10. The Labute approximate surface area is 105 Å². The summed E-state index contributed by atoms with van der Waals surface area (Å²) < 4.78 is 13.8. The second kappa shape index (κ2) is 5.41. The molecule has 0 aliphatic heterocycles. The molecule has 0 fully saturated rings. The largest absolute Gasteiger partial charge is 0.260 e. The molecule has 0 unspecified atom stereocenters. The van der Waals surface area contributed by atoms with E-state index in [0.717, 1.165) is 15.1 Å². The molecule has 0 N–H and O–H groups in total. The highest BCUT2D eigenvalue weighted by atomic mass is 79.9. The Hall–Kier alpha value is -0.940. The summed E-state index contributed by atoms with van der Waals surface area (Å²) in [5, 5.41) is 0.836. The standard InChI is InChI=1S/C11H8BrFN2S/c12-9-3-8(4-10(13)5-9)7-16-11-6-14-1-2-15-11/h1-6H,7H2. The Kier molecular flexibility index (Phi) is 3.90. The van der Waals surface area contributed by atoms with Gasteiger partial charge in [-0.15, -0.1) is 11.8 Å². The van der Waals surface area contributed by atoms with Gasteiger partial charge in [0.15, 0.2) is 0 Å². The van der Waals surface area contributed by atoms with E-state index in [9.17, 15) is 4.39 Å². The van der Waals surface area contributed by atoms with Crippen molar-refractivity contribution in [2.75, 3.05) is 0 Å². The van der Waals surface area contributed by atoms with Crippen LogP contribution in [0.3, 0.4) is 0 Å². The van der Waals surface area contributed by atoms with Crippen LogP contribution in [0.2, 0.25) is 0 Å². The van der Waals surface area contributed by atoms with Gasteiger partial charge >= 0.3 is 0 Å². The maximum atomic E-state index is 13.1. The van der Waals surface area contributed by atoms with Crippen molar-refractivity contribution in [3.63, 3.8) is 0 Å². The van der Waals surface area contributed by atoms with Crippen molar-refractivity contribution in [2.24, 2.45) is 0 Å². The van der Waals surface area contributed by atoms with Crippen molar-refractivity contribution in [1.82, 2.24) is 9.97 Å². The van der Waals surface area contributed by atoms with Gasteiger partial charge in [-0.2, -0.15) is 0 Å². The average molecular weight is 299 g/mol. The zero-order chi connectivity index (χ0) is 11.4. The number of aromatic nitrogens is 2. The predicted molar refractivity (Wildman–Crippen MR) is 65.7 cm³/mol. The highest BCUT2D eigenvalue weighted by Gasteiger charge is 2.01. The van der Waals surface area contributed by atoms with E-state index in [1.807, 2.05) is 6.07 Å². The number of benzene rings is 1. The fourth-order valence-electron chi connectivity index (χ4n) is 1.21. The first-order chi connectivity index (χ1) is 7.74. The zero-order valence-corrected chi connectivity index (χ0v) is 10.6. The molecule has 0 atom stereocenters. The lowest BCUT2D eigenvalue weighted by molar-refractivity contribution is 0.625. The minimum absolute atomic E-state index is 0.232. The zero-order valence-electron chi connectivity index (χ0n) is 8.23. The molecular formula is C11H8BrFN2S. The molecule has 5 heteroatoms. The molecule has 2 rings (SSSR count). The van der Waals surface area contributed by atoms with Gasteiger partial charge in [-0.25, -0.2) is 9.37 Å². The Bertz CT molecular complexity index is 458. The second-order valence-electron chi connectivity index (χ2n) is 3.11. The summed E-state index contributed by atoms with van der Waals surface area (Å²) in [6, 6.07) is 4.86. The minimum atomic E-state index is -0.232. The van der Waals surface area contributed by atoms with Crippen LogP contribution in [-0.4, -0.2) is 9.97 Å². The Morgan fingerprint density at radius 3 is 2.81 bits per heavy atom. The van der Waals surface area contributed by atoms with Crippen molar-refractivity contribution in [2.45, 2.75) is 10.8 Å². The molecule has 0 spiro atoms. The van der Waals surface area contributed by atoms with Gasteiger partial charge in [0.05, 0.1) is 6.20 Å². The number of halogens is 2. The molecule has 0 aliphatic rings. The van der Waals surface area contributed by atoms with E-state index < -0.39 is 0 Å². The molecule has 0 radical (unpaired) electrons. The third-order valence-corrected chi connectivity index (χ3v) is 3.29. The smallest absolute Gasteiger partial charge is 0.124 e. The van der Waals surface area contributed by atoms with Crippen LogP contribution in [0.5, 0.6) is 0 Å². The fraction of sp³-hybridized carbons (Fsp3) is 0.0909. The third kappa shape index (κ3) is 3.28. The number of thioether (sulfide) groups is 1. The van der Waals surface area contributed by atoms with Gasteiger partial charge in [-0.05, 0) is 23.8 Å². The summed E-state index contributed by atoms with van der Waals surface area (Å²) in [6.45, 7) is 0. The van der Waals surface area contributed by atoms with Crippen LogP contribution in [0.15, 0.2) is 46.3 Å². The molecule has 0 aliphatic carbocycles. The first kappa shape index (κ1) is 11.5. The topological polar surface area (TPSA) is 25.8 Å². The minimum Gasteiger partial charge on any atom is -0.260 e. The van der Waals surface area contributed by atoms with Gasteiger partial charge in [-0.1, -0.05) is 15.9 Å². The summed E-state index contributed by atoms with van der Waals surface area (Å²) in [7, 11) is 0. The van der Waals surface area contributed by atoms with Crippen molar-refractivity contribution < 1.29 is 4.39 Å². The van der Waals surface area contributed by atoms with Crippen LogP contribution in [-0.2, 0) is 5.75 Å². The van der Waals surface area contributed by atoms with E-state index in [2.05, 4.69) is 25.9 Å². The van der Waals surface area contributed by atoms with Gasteiger partial charge in [0, 0.05) is 22.6 Å². The van der Waals surface area contributed by atoms with E-state index in [0.29, 0.717) is 5.75 Å². The molecule has 16 heavy (non-hydrogen) atoms. The monoisotopic (exact) mass is 298 g/mol. The quantitative estimate of drug-likeness (QED) is 0.809. The Balaban J connectivity index is 2.05. The summed E-state index contributed by atoms with van der Waals surface area (Å²) in [6.07, 6.45) is 4.96. The van der Waals surface area contributed by atoms with Crippen molar-refractivity contribution in [3.05, 3.63) is 52.6 Å². The molecule has 1 heterocycles. The van der Waals surface area contributed by atoms with Gasteiger partial charge in [-0.3, -0.25) is 4.98 Å². The van der Waals surface area contributed by atoms with E-state index in [4.69, 9.17) is 0 Å². The fourth-order valence-corrected chi connectivity index (χ4v) is 2.48. The van der Waals surface area contributed by atoms with E-state index in [-0.39, 0.29) is 5.82 Å². The van der Waals surface area contributed by atoms with E-state index >= 15 is 0 Å². The second-order valence-corrected chi connectivity index (χ2v) is 5.02. The molecule has 0 bridgehead atoms. The Morgan fingerprint density at radius 2 is 2.12 bits per heavy atom. The van der Waals surface area contributed by atoms with Crippen LogP contribution >= 0.6 is 27.7 Å². The summed E-state index contributed by atoms with van der Waals surface area (Å²) >= 11 is 4.79. The van der Waals surface area contributed by atoms with Crippen LogP contribution in [0.25, 0.3) is 0 Å². The third-order valence-electron chi connectivity index (χ3n) is 1.85. The first-order valence-electron chi connectivity index (χ1n) is 4.58. The van der Waals surface area contributed by atoms with Crippen molar-refractivity contribution >= 4 is 27.7 Å². The van der Waals surface area contributed by atoms with Gasteiger partial charge < -0.3 is 0 Å². The predicted octanol–water partition coefficient (Wildman–Crippen LogP) is 3.67. The normalized spacial score (nSPS) is 10.4. The summed E-state index contributed by atoms with van der Waals surface area (Å²) in [5.41, 5.74) is 0.919. The number of hydrogen-bond donors (Lipinski definition) is 0. The average Bonchev–Trinajstić information content (AvgIpc) is 2.27. The first-order valence-corrected chi connectivity index (χ1v) is 6.36.